The molecule has 4 heteroatoms. The quantitative estimate of drug-likeness (QED) is 0.170. The van der Waals surface area contributed by atoms with Crippen LogP contribution in [0, 0.1) is 0 Å². The predicted octanol–water partition coefficient (Wildman–Crippen LogP) is 15.9. The minimum atomic E-state index is 0.848. The Bertz CT molecular complexity index is 3300. The molecule has 272 valence electrons. The van der Waals surface area contributed by atoms with Crippen molar-refractivity contribution in [1.82, 2.24) is 0 Å². The summed E-state index contributed by atoms with van der Waals surface area (Å²) in [5, 5.41) is 11.4. The van der Waals surface area contributed by atoms with Crippen LogP contribution in [0.4, 0.5) is 34.1 Å². The molecule has 12 aromatic rings. The lowest BCUT2D eigenvalue weighted by molar-refractivity contribution is 0.668. The average molecular weight is 743 g/mol. The van der Waals surface area contributed by atoms with E-state index in [9.17, 15) is 0 Å². The molecule has 0 saturated carbocycles. The van der Waals surface area contributed by atoms with Gasteiger partial charge in [-0.15, -0.1) is 0 Å². The smallest absolute Gasteiger partial charge is 0.137 e. The third-order valence-corrected chi connectivity index (χ3v) is 11.5. The van der Waals surface area contributed by atoms with E-state index in [1.165, 1.54) is 21.5 Å². The minimum Gasteiger partial charge on any atom is -0.456 e. The van der Waals surface area contributed by atoms with Crippen LogP contribution in [-0.4, -0.2) is 0 Å². The number of hydrogen-bond donors (Lipinski definition) is 0. The van der Waals surface area contributed by atoms with Gasteiger partial charge in [0.15, 0.2) is 0 Å². The summed E-state index contributed by atoms with van der Waals surface area (Å²) < 4.78 is 13.3. The van der Waals surface area contributed by atoms with Gasteiger partial charge in [0.25, 0.3) is 0 Å². The largest absolute Gasteiger partial charge is 0.456 e. The van der Waals surface area contributed by atoms with Gasteiger partial charge in [0.1, 0.15) is 22.3 Å². The fourth-order valence-corrected chi connectivity index (χ4v) is 8.73. The molecule has 2 heterocycles. The van der Waals surface area contributed by atoms with E-state index < -0.39 is 0 Å². The zero-order valence-corrected chi connectivity index (χ0v) is 31.3. The molecule has 0 aliphatic heterocycles. The summed E-state index contributed by atoms with van der Waals surface area (Å²) in [6.07, 6.45) is 0. The van der Waals surface area contributed by atoms with Crippen LogP contribution in [0.3, 0.4) is 0 Å². The second-order valence-corrected chi connectivity index (χ2v) is 15.0. The highest BCUT2D eigenvalue weighted by molar-refractivity contribution is 6.16. The molecule has 58 heavy (non-hydrogen) atoms. The maximum atomic E-state index is 6.65. The number of furan rings is 2. The number of anilines is 6. The van der Waals surface area contributed by atoms with E-state index in [2.05, 4.69) is 216 Å². The monoisotopic (exact) mass is 742 g/mol. The van der Waals surface area contributed by atoms with Crippen molar-refractivity contribution in [3.63, 3.8) is 0 Å². The molecule has 0 atom stereocenters. The van der Waals surface area contributed by atoms with Crippen molar-refractivity contribution < 1.29 is 8.83 Å². The number of fused-ring (bicyclic) bond motifs is 9. The molecule has 2 aromatic heterocycles. The van der Waals surface area contributed by atoms with E-state index >= 15 is 0 Å². The van der Waals surface area contributed by atoms with Gasteiger partial charge in [0, 0.05) is 67.8 Å². The molecule has 0 unspecified atom stereocenters. The van der Waals surface area contributed by atoms with E-state index in [1.807, 2.05) is 0 Å². The van der Waals surface area contributed by atoms with Crippen LogP contribution in [0.25, 0.3) is 76.2 Å². The molecule has 0 bridgehead atoms. The van der Waals surface area contributed by atoms with Crippen molar-refractivity contribution >= 4 is 110 Å². The summed E-state index contributed by atoms with van der Waals surface area (Å²) in [6, 6.07) is 73.2. The van der Waals surface area contributed by atoms with E-state index in [1.54, 1.807) is 0 Å². The van der Waals surface area contributed by atoms with Crippen LogP contribution in [-0.2, 0) is 0 Å². The lowest BCUT2D eigenvalue weighted by Crippen LogP contribution is -2.09. The molecular formula is C54H34N2O2. The molecule has 0 saturated heterocycles. The van der Waals surface area contributed by atoms with Gasteiger partial charge < -0.3 is 18.6 Å². The van der Waals surface area contributed by atoms with Gasteiger partial charge in [-0.2, -0.15) is 0 Å². The standard InChI is InChI=1S/C54H34N2O2/c1-3-15-41(16-4-1)55(43-21-19-35-11-7-9-13-37(35)27-43)45-23-25-47-49-29-39-30-50-48-26-24-46(34-54(48)58-52(50)32-40(39)31-51(49)57-53(47)33-45)56(42-17-5-2-6-18-42)44-22-20-36-12-8-10-14-38(36)28-44/h1-34H. The fourth-order valence-electron chi connectivity index (χ4n) is 8.73. The summed E-state index contributed by atoms with van der Waals surface area (Å²) in [7, 11) is 0. The van der Waals surface area contributed by atoms with E-state index in [4.69, 9.17) is 8.83 Å². The molecule has 0 radical (unpaired) electrons. The first-order chi connectivity index (χ1) is 28.7. The van der Waals surface area contributed by atoms with Gasteiger partial charge in [0.2, 0.25) is 0 Å². The van der Waals surface area contributed by atoms with Crippen LogP contribution in [0.5, 0.6) is 0 Å². The molecule has 0 fully saturated rings. The van der Waals surface area contributed by atoms with Crippen molar-refractivity contribution in [1.29, 1.82) is 0 Å². The topological polar surface area (TPSA) is 32.8 Å². The van der Waals surface area contributed by atoms with Gasteiger partial charge in [-0.05, 0) is 129 Å². The van der Waals surface area contributed by atoms with Gasteiger partial charge in [-0.1, -0.05) is 97.1 Å². The van der Waals surface area contributed by atoms with Gasteiger partial charge in [-0.3, -0.25) is 0 Å². The number of nitrogens with zero attached hydrogens (tertiary/aromatic N) is 2. The number of hydrogen-bond acceptors (Lipinski definition) is 4. The zero-order chi connectivity index (χ0) is 38.2. The first-order valence-electron chi connectivity index (χ1n) is 19.6. The second kappa shape index (κ2) is 12.9. The van der Waals surface area contributed by atoms with Gasteiger partial charge in [-0.25, -0.2) is 0 Å². The van der Waals surface area contributed by atoms with E-state index in [0.29, 0.717) is 0 Å². The summed E-state index contributed by atoms with van der Waals surface area (Å²) in [5.74, 6) is 0. The molecule has 12 rings (SSSR count). The normalized spacial score (nSPS) is 11.8. The Labute approximate surface area is 334 Å². The van der Waals surface area contributed by atoms with Gasteiger partial charge in [0.05, 0.1) is 0 Å². The zero-order valence-electron chi connectivity index (χ0n) is 31.3. The molecule has 0 amide bonds. The molecule has 10 aromatic carbocycles. The van der Waals surface area contributed by atoms with Crippen LogP contribution in [0.1, 0.15) is 0 Å². The lowest BCUT2D eigenvalue weighted by Gasteiger charge is -2.25. The Balaban J connectivity index is 0.954. The van der Waals surface area contributed by atoms with Crippen molar-refractivity contribution in [2.45, 2.75) is 0 Å². The fraction of sp³-hybridized carbons (Fsp3) is 0. The van der Waals surface area contributed by atoms with Crippen LogP contribution in [0.15, 0.2) is 215 Å². The maximum absolute atomic E-state index is 6.65. The third kappa shape index (κ3) is 5.31. The molecule has 0 aliphatic carbocycles. The first kappa shape index (κ1) is 32.4. The van der Waals surface area contributed by atoms with Crippen molar-refractivity contribution in [2.24, 2.45) is 0 Å². The number of benzene rings is 10. The highest BCUT2D eigenvalue weighted by atomic mass is 16.3. The maximum Gasteiger partial charge on any atom is 0.137 e. The lowest BCUT2D eigenvalue weighted by atomic mass is 10.0. The Morgan fingerprint density at radius 1 is 0.224 bits per heavy atom. The Morgan fingerprint density at radius 3 is 1.05 bits per heavy atom. The van der Waals surface area contributed by atoms with Crippen LogP contribution >= 0.6 is 0 Å². The van der Waals surface area contributed by atoms with Crippen molar-refractivity contribution in [2.75, 3.05) is 9.80 Å². The van der Waals surface area contributed by atoms with E-state index in [-0.39, 0.29) is 0 Å². The summed E-state index contributed by atoms with van der Waals surface area (Å²) >= 11 is 0. The number of para-hydroxylation sites is 2. The number of rotatable bonds is 6. The molecule has 0 spiro atoms. The average Bonchev–Trinajstić information content (AvgIpc) is 3.81. The van der Waals surface area contributed by atoms with Crippen molar-refractivity contribution in [3.05, 3.63) is 206 Å². The molecule has 0 aliphatic rings. The first-order valence-corrected chi connectivity index (χ1v) is 19.6. The molecule has 4 nitrogen and oxygen atoms in total. The van der Waals surface area contributed by atoms with Crippen LogP contribution < -0.4 is 9.80 Å². The third-order valence-electron chi connectivity index (χ3n) is 11.5. The molecular weight excluding hydrogens is 709 g/mol. The van der Waals surface area contributed by atoms with Gasteiger partial charge >= 0.3 is 0 Å². The van der Waals surface area contributed by atoms with E-state index in [0.717, 1.165) is 88.8 Å². The van der Waals surface area contributed by atoms with Crippen LogP contribution in [0.2, 0.25) is 0 Å². The summed E-state index contributed by atoms with van der Waals surface area (Å²) in [6.45, 7) is 0. The Kier molecular flexibility index (Phi) is 7.20. The Hall–Kier alpha value is -7.82. The molecule has 0 N–H and O–H groups in total. The van der Waals surface area contributed by atoms with Crippen molar-refractivity contribution in [3.8, 4) is 0 Å². The Morgan fingerprint density at radius 2 is 0.586 bits per heavy atom. The summed E-state index contributed by atoms with van der Waals surface area (Å²) in [4.78, 5) is 4.59. The predicted molar refractivity (Wildman–Crippen MR) is 243 cm³/mol. The highest BCUT2D eigenvalue weighted by Gasteiger charge is 2.19. The minimum absolute atomic E-state index is 0.848. The second-order valence-electron chi connectivity index (χ2n) is 15.0. The SMILES string of the molecule is c1ccc(N(c2ccc3ccccc3c2)c2ccc3c(c2)oc2cc4cc5oc6cc(N(c7ccccc7)c7ccc8ccccc8c7)ccc6c5cc4cc23)cc1. The highest BCUT2D eigenvalue weighted by Crippen LogP contribution is 2.43. The summed E-state index contributed by atoms with van der Waals surface area (Å²) in [5.41, 5.74) is 9.82.